The van der Waals surface area contributed by atoms with Crippen molar-refractivity contribution in [3.05, 3.63) is 48.5 Å². The van der Waals surface area contributed by atoms with Crippen LogP contribution in [0.1, 0.15) is 18.7 Å². The SMILES string of the molecule is CN=C(NCCCCn1ccnc1C)NCCOc1ccccc1. The van der Waals surface area contributed by atoms with Gasteiger partial charge in [-0.1, -0.05) is 18.2 Å². The van der Waals surface area contributed by atoms with Crippen LogP contribution in [0.15, 0.2) is 47.7 Å². The van der Waals surface area contributed by atoms with Crippen LogP contribution in [0.2, 0.25) is 0 Å². The first-order chi connectivity index (χ1) is 11.8. The number of hydrogen-bond acceptors (Lipinski definition) is 3. The average molecular weight is 329 g/mol. The molecule has 2 rings (SSSR count). The molecular weight excluding hydrogens is 302 g/mol. The first-order valence-electron chi connectivity index (χ1n) is 8.39. The fourth-order valence-corrected chi connectivity index (χ4v) is 2.33. The van der Waals surface area contributed by atoms with Crippen molar-refractivity contribution in [2.45, 2.75) is 26.3 Å². The Hall–Kier alpha value is -2.50. The van der Waals surface area contributed by atoms with Crippen molar-refractivity contribution in [1.82, 2.24) is 20.2 Å². The lowest BCUT2D eigenvalue weighted by molar-refractivity contribution is 0.322. The third-order valence-corrected chi connectivity index (χ3v) is 3.67. The Labute approximate surface area is 144 Å². The molecule has 24 heavy (non-hydrogen) atoms. The molecule has 0 spiro atoms. The summed E-state index contributed by atoms with van der Waals surface area (Å²) in [6.45, 7) is 5.24. The van der Waals surface area contributed by atoms with Crippen molar-refractivity contribution in [1.29, 1.82) is 0 Å². The minimum Gasteiger partial charge on any atom is -0.492 e. The number of aromatic nitrogens is 2. The third-order valence-electron chi connectivity index (χ3n) is 3.67. The van der Waals surface area contributed by atoms with E-state index < -0.39 is 0 Å². The molecule has 0 radical (unpaired) electrons. The summed E-state index contributed by atoms with van der Waals surface area (Å²) in [6, 6.07) is 9.82. The lowest BCUT2D eigenvalue weighted by Crippen LogP contribution is -2.39. The largest absolute Gasteiger partial charge is 0.492 e. The number of aryl methyl sites for hydroxylation is 2. The van der Waals surface area contributed by atoms with Crippen LogP contribution in [0.5, 0.6) is 5.75 Å². The monoisotopic (exact) mass is 329 g/mol. The van der Waals surface area contributed by atoms with Gasteiger partial charge in [0.25, 0.3) is 0 Å². The van der Waals surface area contributed by atoms with Crippen molar-refractivity contribution in [3.8, 4) is 5.75 Å². The van der Waals surface area contributed by atoms with Gasteiger partial charge in [-0.15, -0.1) is 0 Å². The van der Waals surface area contributed by atoms with Gasteiger partial charge in [0.1, 0.15) is 18.2 Å². The van der Waals surface area contributed by atoms with Gasteiger partial charge in [-0.25, -0.2) is 4.98 Å². The zero-order chi connectivity index (χ0) is 17.0. The fourth-order valence-electron chi connectivity index (χ4n) is 2.33. The molecule has 1 aromatic heterocycles. The number of unbranched alkanes of at least 4 members (excludes halogenated alkanes) is 1. The van der Waals surface area contributed by atoms with E-state index in [0.29, 0.717) is 13.2 Å². The van der Waals surface area contributed by atoms with Gasteiger partial charge in [-0.3, -0.25) is 4.99 Å². The highest BCUT2D eigenvalue weighted by atomic mass is 16.5. The Kier molecular flexibility index (Phi) is 7.67. The third kappa shape index (κ3) is 6.32. The number of hydrogen-bond donors (Lipinski definition) is 2. The Morgan fingerprint density at radius 3 is 2.67 bits per heavy atom. The summed E-state index contributed by atoms with van der Waals surface area (Å²) in [5.74, 6) is 2.77. The topological polar surface area (TPSA) is 63.5 Å². The second-order valence-corrected chi connectivity index (χ2v) is 5.46. The van der Waals surface area contributed by atoms with Crippen LogP contribution >= 0.6 is 0 Å². The average Bonchev–Trinajstić information content (AvgIpc) is 3.02. The van der Waals surface area contributed by atoms with Crippen LogP contribution in [0.25, 0.3) is 0 Å². The molecular formula is C18H27N5O. The molecule has 0 atom stereocenters. The van der Waals surface area contributed by atoms with Crippen molar-refractivity contribution in [3.63, 3.8) is 0 Å². The van der Waals surface area contributed by atoms with E-state index in [0.717, 1.165) is 43.5 Å². The van der Waals surface area contributed by atoms with Gasteiger partial charge >= 0.3 is 0 Å². The quantitative estimate of drug-likeness (QED) is 0.421. The molecule has 6 heteroatoms. The molecule has 0 aliphatic heterocycles. The highest BCUT2D eigenvalue weighted by Gasteiger charge is 1.99. The van der Waals surface area contributed by atoms with Gasteiger partial charge < -0.3 is 19.9 Å². The normalized spacial score (nSPS) is 11.3. The fraction of sp³-hybridized carbons (Fsp3) is 0.444. The van der Waals surface area contributed by atoms with E-state index in [1.54, 1.807) is 7.05 Å². The Morgan fingerprint density at radius 2 is 1.96 bits per heavy atom. The van der Waals surface area contributed by atoms with Crippen molar-refractivity contribution >= 4 is 5.96 Å². The molecule has 0 saturated carbocycles. The summed E-state index contributed by atoms with van der Waals surface area (Å²) in [6.07, 6.45) is 6.06. The minimum absolute atomic E-state index is 0.602. The standard InChI is InChI=1S/C18H27N5O/c1-16-20-11-14-23(16)13-7-6-10-21-18(19-2)22-12-15-24-17-8-4-3-5-9-17/h3-5,8-9,11,14H,6-7,10,12-13,15H2,1-2H3,(H2,19,21,22). The Morgan fingerprint density at radius 1 is 1.17 bits per heavy atom. The van der Waals surface area contributed by atoms with Crippen LogP contribution in [0.3, 0.4) is 0 Å². The maximum atomic E-state index is 5.64. The number of aliphatic imine (C=N–C) groups is 1. The molecule has 130 valence electrons. The van der Waals surface area contributed by atoms with E-state index in [4.69, 9.17) is 4.74 Å². The number of rotatable bonds is 9. The predicted octanol–water partition coefficient (Wildman–Crippen LogP) is 2.22. The van der Waals surface area contributed by atoms with Crippen LogP contribution in [0.4, 0.5) is 0 Å². The Bertz CT molecular complexity index is 609. The van der Waals surface area contributed by atoms with Crippen LogP contribution in [0, 0.1) is 6.92 Å². The minimum atomic E-state index is 0.602. The molecule has 1 aromatic carbocycles. The van der Waals surface area contributed by atoms with E-state index in [9.17, 15) is 0 Å². The summed E-state index contributed by atoms with van der Waals surface area (Å²) in [4.78, 5) is 8.44. The van der Waals surface area contributed by atoms with Crippen molar-refractivity contribution in [2.75, 3.05) is 26.7 Å². The molecule has 0 amide bonds. The number of imidazole rings is 1. The van der Waals surface area contributed by atoms with Gasteiger partial charge in [0.2, 0.25) is 0 Å². The molecule has 2 aromatic rings. The predicted molar refractivity (Wildman–Crippen MR) is 97.5 cm³/mol. The van der Waals surface area contributed by atoms with Crippen molar-refractivity contribution in [2.24, 2.45) is 4.99 Å². The molecule has 0 aliphatic carbocycles. The highest BCUT2D eigenvalue weighted by molar-refractivity contribution is 5.79. The van der Waals surface area contributed by atoms with Crippen LogP contribution in [-0.2, 0) is 6.54 Å². The van der Waals surface area contributed by atoms with Gasteiger partial charge in [-0.2, -0.15) is 0 Å². The molecule has 6 nitrogen and oxygen atoms in total. The summed E-state index contributed by atoms with van der Waals surface area (Å²) in [7, 11) is 1.78. The highest BCUT2D eigenvalue weighted by Crippen LogP contribution is 2.07. The summed E-state index contributed by atoms with van der Waals surface area (Å²) in [5, 5.41) is 6.57. The zero-order valence-corrected chi connectivity index (χ0v) is 14.5. The van der Waals surface area contributed by atoms with Gasteiger partial charge in [0, 0.05) is 32.5 Å². The number of nitrogens with zero attached hydrogens (tertiary/aromatic N) is 3. The maximum Gasteiger partial charge on any atom is 0.191 e. The van der Waals surface area contributed by atoms with Crippen LogP contribution in [-0.4, -0.2) is 42.3 Å². The summed E-state index contributed by atoms with van der Waals surface area (Å²) in [5.41, 5.74) is 0. The second kappa shape index (κ2) is 10.3. The molecule has 0 aliphatic rings. The first kappa shape index (κ1) is 17.8. The van der Waals surface area contributed by atoms with Gasteiger partial charge in [0.05, 0.1) is 6.54 Å². The summed E-state index contributed by atoms with van der Waals surface area (Å²) < 4.78 is 7.82. The van der Waals surface area contributed by atoms with Crippen LogP contribution < -0.4 is 15.4 Å². The van der Waals surface area contributed by atoms with Gasteiger partial charge in [-0.05, 0) is 31.9 Å². The number of para-hydroxylation sites is 1. The number of ether oxygens (including phenoxy) is 1. The molecule has 1 heterocycles. The zero-order valence-electron chi connectivity index (χ0n) is 14.5. The number of nitrogens with one attached hydrogen (secondary N) is 2. The van der Waals surface area contributed by atoms with E-state index >= 15 is 0 Å². The molecule has 0 saturated heterocycles. The lowest BCUT2D eigenvalue weighted by Gasteiger charge is -2.12. The molecule has 0 unspecified atom stereocenters. The van der Waals surface area contributed by atoms with E-state index in [2.05, 4.69) is 25.2 Å². The van der Waals surface area contributed by atoms with Crippen molar-refractivity contribution < 1.29 is 4.74 Å². The second-order valence-electron chi connectivity index (χ2n) is 5.46. The van der Waals surface area contributed by atoms with E-state index in [-0.39, 0.29) is 0 Å². The van der Waals surface area contributed by atoms with E-state index in [1.165, 1.54) is 0 Å². The maximum absolute atomic E-state index is 5.64. The molecule has 0 bridgehead atoms. The lowest BCUT2D eigenvalue weighted by atomic mass is 10.3. The number of benzene rings is 1. The first-order valence-corrected chi connectivity index (χ1v) is 8.39. The molecule has 0 fully saturated rings. The summed E-state index contributed by atoms with van der Waals surface area (Å²) >= 11 is 0. The van der Waals surface area contributed by atoms with E-state index in [1.807, 2.05) is 49.6 Å². The van der Waals surface area contributed by atoms with Gasteiger partial charge in [0.15, 0.2) is 5.96 Å². The molecule has 2 N–H and O–H groups in total. The smallest absolute Gasteiger partial charge is 0.191 e. The Balaban J connectivity index is 1.53. The number of guanidine groups is 1.